The lowest BCUT2D eigenvalue weighted by Gasteiger charge is -2.36. The first kappa shape index (κ1) is 19.2. The molecule has 2 rings (SSSR count). The zero-order valence-electron chi connectivity index (χ0n) is 14.3. The Kier molecular flexibility index (Phi) is 8.19. The lowest BCUT2D eigenvalue weighted by Crippen LogP contribution is -2.31. The van der Waals surface area contributed by atoms with Crippen LogP contribution in [0.25, 0.3) is 0 Å². The summed E-state index contributed by atoms with van der Waals surface area (Å²) in [5, 5.41) is 0. The maximum atomic E-state index is 5.57. The fourth-order valence-corrected chi connectivity index (χ4v) is 3.32. The van der Waals surface area contributed by atoms with Crippen LogP contribution in [0.2, 0.25) is 0 Å². The molecule has 1 unspecified atom stereocenters. The topological polar surface area (TPSA) is 18.5 Å². The third kappa shape index (κ3) is 4.60. The zero-order chi connectivity index (χ0) is 16.6. The standard InChI is InChI=1S/C17H23BrO2.C2H6/c1-4-20-13(2)16(18)14-7-5-6-8-15(14)17(3)9-11-19-12-10-17;1-2/h5-8,16H,2,4,9-12H2,1,3H3;1-2H3. The maximum Gasteiger partial charge on any atom is 0.107 e. The van der Waals surface area contributed by atoms with E-state index in [4.69, 9.17) is 9.47 Å². The molecule has 0 saturated carbocycles. The average Bonchev–Trinajstić information content (AvgIpc) is 2.57. The molecule has 0 amide bonds. The molecule has 1 aromatic rings. The molecule has 22 heavy (non-hydrogen) atoms. The Balaban J connectivity index is 0.00000116. The first-order chi connectivity index (χ1) is 10.6. The van der Waals surface area contributed by atoms with E-state index in [9.17, 15) is 0 Å². The van der Waals surface area contributed by atoms with Crippen molar-refractivity contribution < 1.29 is 9.47 Å². The summed E-state index contributed by atoms with van der Waals surface area (Å²) < 4.78 is 11.1. The van der Waals surface area contributed by atoms with Gasteiger partial charge in [0.2, 0.25) is 0 Å². The van der Waals surface area contributed by atoms with Crippen LogP contribution in [0.1, 0.15) is 56.5 Å². The summed E-state index contributed by atoms with van der Waals surface area (Å²) in [6.07, 6.45) is 2.12. The zero-order valence-corrected chi connectivity index (χ0v) is 15.9. The van der Waals surface area contributed by atoms with Crippen LogP contribution in [0.5, 0.6) is 0 Å². The molecular formula is C19H29BrO2. The largest absolute Gasteiger partial charge is 0.497 e. The van der Waals surface area contributed by atoms with Gasteiger partial charge in [-0.05, 0) is 36.3 Å². The van der Waals surface area contributed by atoms with Crippen molar-refractivity contribution in [3.05, 3.63) is 47.7 Å². The van der Waals surface area contributed by atoms with E-state index in [1.807, 2.05) is 20.8 Å². The second-order valence-corrected chi connectivity index (χ2v) is 6.44. The molecule has 1 aromatic carbocycles. The van der Waals surface area contributed by atoms with Gasteiger partial charge < -0.3 is 9.47 Å². The second-order valence-electron chi connectivity index (χ2n) is 5.52. The van der Waals surface area contributed by atoms with E-state index in [0.717, 1.165) is 31.8 Å². The van der Waals surface area contributed by atoms with E-state index in [2.05, 4.69) is 53.7 Å². The summed E-state index contributed by atoms with van der Waals surface area (Å²) in [4.78, 5) is 0.0401. The number of hydrogen-bond donors (Lipinski definition) is 0. The van der Waals surface area contributed by atoms with Crippen LogP contribution in [0.15, 0.2) is 36.6 Å². The van der Waals surface area contributed by atoms with Crippen LogP contribution in [0.3, 0.4) is 0 Å². The molecule has 0 aromatic heterocycles. The van der Waals surface area contributed by atoms with Gasteiger partial charge in [-0.3, -0.25) is 0 Å². The monoisotopic (exact) mass is 368 g/mol. The van der Waals surface area contributed by atoms with Crippen LogP contribution >= 0.6 is 15.9 Å². The van der Waals surface area contributed by atoms with Crippen molar-refractivity contribution >= 4 is 15.9 Å². The predicted octanol–water partition coefficient (Wildman–Crippen LogP) is 5.77. The second kappa shape index (κ2) is 9.36. The summed E-state index contributed by atoms with van der Waals surface area (Å²) in [5.41, 5.74) is 2.81. The summed E-state index contributed by atoms with van der Waals surface area (Å²) in [6, 6.07) is 8.59. The van der Waals surface area contributed by atoms with Gasteiger partial charge in [0.15, 0.2) is 0 Å². The normalized spacial score (nSPS) is 17.9. The summed E-state index contributed by atoms with van der Waals surface area (Å²) in [6.45, 7) is 14.7. The molecule has 1 heterocycles. The molecule has 1 aliphatic rings. The van der Waals surface area contributed by atoms with Crippen LogP contribution in [-0.4, -0.2) is 19.8 Å². The highest BCUT2D eigenvalue weighted by Gasteiger charge is 2.32. The van der Waals surface area contributed by atoms with E-state index >= 15 is 0 Å². The van der Waals surface area contributed by atoms with E-state index < -0.39 is 0 Å². The Labute approximate surface area is 144 Å². The number of allylic oxidation sites excluding steroid dienone is 1. The third-order valence-corrected chi connectivity index (χ3v) is 5.10. The van der Waals surface area contributed by atoms with E-state index in [1.54, 1.807) is 0 Å². The number of halogens is 1. The molecular weight excluding hydrogens is 340 g/mol. The molecule has 1 fully saturated rings. The quantitative estimate of drug-likeness (QED) is 0.485. The Bertz CT molecular complexity index is 464. The first-order valence-corrected chi connectivity index (χ1v) is 9.13. The number of alkyl halides is 1. The van der Waals surface area contributed by atoms with Gasteiger partial charge in [0.05, 0.1) is 11.4 Å². The number of hydrogen-bond acceptors (Lipinski definition) is 2. The molecule has 3 heteroatoms. The fraction of sp³-hybridized carbons (Fsp3) is 0.579. The van der Waals surface area contributed by atoms with Crippen molar-refractivity contribution in [3.63, 3.8) is 0 Å². The van der Waals surface area contributed by atoms with Crippen LogP contribution < -0.4 is 0 Å². The maximum absolute atomic E-state index is 5.57. The molecule has 0 N–H and O–H groups in total. The lowest BCUT2D eigenvalue weighted by molar-refractivity contribution is 0.0561. The Morgan fingerprint density at radius 1 is 1.32 bits per heavy atom. The fourth-order valence-electron chi connectivity index (χ4n) is 2.79. The van der Waals surface area contributed by atoms with Gasteiger partial charge in [-0.15, -0.1) is 0 Å². The summed E-state index contributed by atoms with van der Waals surface area (Å²) >= 11 is 3.74. The third-order valence-electron chi connectivity index (χ3n) is 4.09. The number of benzene rings is 1. The predicted molar refractivity (Wildman–Crippen MR) is 97.6 cm³/mol. The minimum absolute atomic E-state index is 0.0401. The summed E-state index contributed by atoms with van der Waals surface area (Å²) in [5.74, 6) is 0.774. The Morgan fingerprint density at radius 2 is 1.91 bits per heavy atom. The van der Waals surface area contributed by atoms with Gasteiger partial charge in [-0.25, -0.2) is 0 Å². The molecule has 0 bridgehead atoms. The van der Waals surface area contributed by atoms with Gasteiger partial charge in [-0.1, -0.05) is 67.5 Å². The number of ether oxygens (including phenoxy) is 2. The van der Waals surface area contributed by atoms with E-state index in [-0.39, 0.29) is 10.2 Å². The van der Waals surface area contributed by atoms with Gasteiger partial charge >= 0.3 is 0 Å². The molecule has 0 radical (unpaired) electrons. The molecule has 0 aliphatic carbocycles. The van der Waals surface area contributed by atoms with Crippen molar-refractivity contribution in [1.82, 2.24) is 0 Å². The van der Waals surface area contributed by atoms with Crippen molar-refractivity contribution in [2.24, 2.45) is 0 Å². The van der Waals surface area contributed by atoms with Crippen molar-refractivity contribution in [1.29, 1.82) is 0 Å². The van der Waals surface area contributed by atoms with Crippen LogP contribution in [0, 0.1) is 0 Å². The Hall–Kier alpha value is -0.800. The molecule has 2 nitrogen and oxygen atoms in total. The van der Waals surface area contributed by atoms with E-state index in [0.29, 0.717) is 6.61 Å². The molecule has 1 aliphatic heterocycles. The van der Waals surface area contributed by atoms with Gasteiger partial charge in [0.25, 0.3) is 0 Å². The van der Waals surface area contributed by atoms with Crippen molar-refractivity contribution in [3.8, 4) is 0 Å². The van der Waals surface area contributed by atoms with E-state index in [1.165, 1.54) is 11.1 Å². The average molecular weight is 369 g/mol. The number of rotatable bonds is 5. The molecule has 1 saturated heterocycles. The minimum atomic E-state index is 0.0401. The molecule has 1 atom stereocenters. The SMILES string of the molecule is C=C(OCC)C(Br)c1ccccc1C1(C)CCOCC1.CC. The van der Waals surface area contributed by atoms with Crippen LogP contribution in [0.4, 0.5) is 0 Å². The highest BCUT2D eigenvalue weighted by Crippen LogP contribution is 2.41. The molecule has 124 valence electrons. The van der Waals surface area contributed by atoms with Gasteiger partial charge in [0.1, 0.15) is 5.76 Å². The highest BCUT2D eigenvalue weighted by atomic mass is 79.9. The van der Waals surface area contributed by atoms with Crippen molar-refractivity contribution in [2.45, 2.75) is 50.8 Å². The van der Waals surface area contributed by atoms with Gasteiger partial charge in [0, 0.05) is 13.2 Å². The smallest absolute Gasteiger partial charge is 0.107 e. The molecule has 0 spiro atoms. The van der Waals surface area contributed by atoms with Gasteiger partial charge in [-0.2, -0.15) is 0 Å². The minimum Gasteiger partial charge on any atom is -0.497 e. The first-order valence-electron chi connectivity index (χ1n) is 8.21. The summed E-state index contributed by atoms with van der Waals surface area (Å²) in [7, 11) is 0. The highest BCUT2D eigenvalue weighted by molar-refractivity contribution is 9.09. The Morgan fingerprint density at radius 3 is 2.50 bits per heavy atom. The lowest BCUT2D eigenvalue weighted by atomic mass is 9.73. The van der Waals surface area contributed by atoms with Crippen molar-refractivity contribution in [2.75, 3.05) is 19.8 Å². The van der Waals surface area contributed by atoms with Crippen LogP contribution in [-0.2, 0) is 14.9 Å².